The summed E-state index contributed by atoms with van der Waals surface area (Å²) in [7, 11) is 1.53. The van der Waals surface area contributed by atoms with Crippen LogP contribution in [0.15, 0.2) is 66.7 Å². The summed E-state index contributed by atoms with van der Waals surface area (Å²) in [5.74, 6) is -2.45. The van der Waals surface area contributed by atoms with Crippen molar-refractivity contribution in [2.75, 3.05) is 19.0 Å². The van der Waals surface area contributed by atoms with Crippen molar-refractivity contribution in [3.8, 4) is 11.1 Å². The van der Waals surface area contributed by atoms with Gasteiger partial charge in [0.05, 0.1) is 6.42 Å². The van der Waals surface area contributed by atoms with Crippen molar-refractivity contribution in [1.29, 1.82) is 0 Å². The number of halogens is 2. The average Bonchev–Trinajstić information content (AvgIpc) is 2.84. The maximum absolute atomic E-state index is 13.3. The van der Waals surface area contributed by atoms with Gasteiger partial charge in [0.15, 0.2) is 17.4 Å². The Morgan fingerprint density at radius 2 is 1.59 bits per heavy atom. The lowest BCUT2D eigenvalue weighted by atomic mass is 9.99. The van der Waals surface area contributed by atoms with Gasteiger partial charge in [0.25, 0.3) is 0 Å². The quantitative estimate of drug-likeness (QED) is 0.227. The van der Waals surface area contributed by atoms with Gasteiger partial charge in [-0.2, -0.15) is 0 Å². The van der Waals surface area contributed by atoms with Gasteiger partial charge in [-0.3, -0.25) is 14.8 Å². The molecule has 178 valence electrons. The van der Waals surface area contributed by atoms with Crippen LogP contribution in [0.4, 0.5) is 14.5 Å². The van der Waals surface area contributed by atoms with Gasteiger partial charge in [-0.1, -0.05) is 42.5 Å². The molecule has 0 aliphatic heterocycles. The van der Waals surface area contributed by atoms with Gasteiger partial charge in [0.1, 0.15) is 6.10 Å². The predicted molar refractivity (Wildman–Crippen MR) is 124 cm³/mol. The Balaban J connectivity index is 1.58. The molecule has 34 heavy (non-hydrogen) atoms. The summed E-state index contributed by atoms with van der Waals surface area (Å²) in [6.07, 6.45) is -0.266. The van der Waals surface area contributed by atoms with Gasteiger partial charge in [-0.15, -0.1) is 0 Å². The maximum atomic E-state index is 13.3. The van der Waals surface area contributed by atoms with E-state index in [9.17, 15) is 18.4 Å². The zero-order chi connectivity index (χ0) is 24.5. The number of anilines is 1. The maximum Gasteiger partial charge on any atom is 0.228 e. The smallest absolute Gasteiger partial charge is 0.228 e. The molecule has 1 amide bonds. The Morgan fingerprint density at radius 3 is 2.18 bits per heavy atom. The molecule has 0 spiro atoms. The lowest BCUT2D eigenvalue weighted by molar-refractivity contribution is -0.279. The lowest BCUT2D eigenvalue weighted by Crippen LogP contribution is -2.18. The summed E-state index contributed by atoms with van der Waals surface area (Å²) in [5.41, 5.74) is 3.21. The number of hydrogen-bond donors (Lipinski definition) is 2. The zero-order valence-electron chi connectivity index (χ0n) is 18.6. The Hall–Kier alpha value is -3.46. The fourth-order valence-electron chi connectivity index (χ4n) is 3.40. The average molecular weight is 469 g/mol. The normalized spacial score (nSPS) is 11.8. The molecule has 3 aromatic carbocycles. The Bertz CT molecular complexity index is 1120. The van der Waals surface area contributed by atoms with Crippen LogP contribution in [0.2, 0.25) is 0 Å². The molecule has 0 fully saturated rings. The second-order valence-corrected chi connectivity index (χ2v) is 7.76. The van der Waals surface area contributed by atoms with Crippen LogP contribution < -0.4 is 5.32 Å². The van der Waals surface area contributed by atoms with Gasteiger partial charge < -0.3 is 10.1 Å². The molecule has 0 aliphatic carbocycles. The summed E-state index contributed by atoms with van der Waals surface area (Å²) in [5, 5.41) is 11.7. The first-order valence-electron chi connectivity index (χ1n) is 10.7. The van der Waals surface area contributed by atoms with Crippen LogP contribution in [-0.4, -0.2) is 36.8 Å². The topological polar surface area (TPSA) is 84.9 Å². The van der Waals surface area contributed by atoms with Crippen LogP contribution in [0, 0.1) is 11.6 Å². The first kappa shape index (κ1) is 25.2. The number of carbonyl (C=O) groups excluding carboxylic acids is 2. The third-order valence-electron chi connectivity index (χ3n) is 5.26. The number of benzene rings is 3. The summed E-state index contributed by atoms with van der Waals surface area (Å²) in [6, 6.07) is 17.5. The van der Waals surface area contributed by atoms with Crippen LogP contribution in [0.25, 0.3) is 11.1 Å². The van der Waals surface area contributed by atoms with E-state index in [2.05, 4.69) is 10.2 Å². The molecule has 0 radical (unpaired) electrons. The molecule has 6 nitrogen and oxygen atoms in total. The highest BCUT2D eigenvalue weighted by atomic mass is 19.2. The standard InChI is InChI=1S/C26H25F2NO5/c1-33-13-12-22(34-32)16-25(30)20-5-3-18(4-6-20)19-7-9-21(10-8-19)29-26(31)15-17-2-11-23(27)24(28)14-17/h2-11,14,22,32H,12-13,15-16H2,1H3,(H,29,31). The zero-order valence-corrected chi connectivity index (χ0v) is 18.6. The van der Waals surface area contributed by atoms with Gasteiger partial charge in [0.2, 0.25) is 5.91 Å². The van der Waals surface area contributed by atoms with Crippen molar-refractivity contribution in [2.45, 2.75) is 25.4 Å². The van der Waals surface area contributed by atoms with E-state index in [4.69, 9.17) is 9.99 Å². The van der Waals surface area contributed by atoms with Crippen molar-refractivity contribution in [3.05, 3.63) is 89.5 Å². The molecule has 0 bridgehead atoms. The third-order valence-corrected chi connectivity index (χ3v) is 5.26. The monoisotopic (exact) mass is 469 g/mol. The summed E-state index contributed by atoms with van der Waals surface area (Å²) >= 11 is 0. The number of amides is 1. The lowest BCUT2D eigenvalue weighted by Gasteiger charge is -2.12. The summed E-state index contributed by atoms with van der Waals surface area (Å²) in [4.78, 5) is 29.0. The van der Waals surface area contributed by atoms with Crippen LogP contribution in [0.1, 0.15) is 28.8 Å². The number of hydrogen-bond acceptors (Lipinski definition) is 5. The number of rotatable bonds is 11. The number of carbonyl (C=O) groups is 2. The summed E-state index contributed by atoms with van der Waals surface area (Å²) < 4.78 is 31.3. The van der Waals surface area contributed by atoms with E-state index in [0.717, 1.165) is 23.3 Å². The largest absolute Gasteiger partial charge is 0.385 e. The van der Waals surface area contributed by atoms with Crippen LogP contribution >= 0.6 is 0 Å². The molecule has 0 aromatic heterocycles. The van der Waals surface area contributed by atoms with E-state index in [0.29, 0.717) is 29.8 Å². The predicted octanol–water partition coefficient (Wildman–Crippen LogP) is 5.28. The molecule has 0 saturated carbocycles. The molecule has 0 heterocycles. The van der Waals surface area contributed by atoms with Crippen LogP contribution in [0.3, 0.4) is 0 Å². The molecule has 0 aliphatic rings. The molecular weight excluding hydrogens is 444 g/mol. The first-order valence-corrected chi connectivity index (χ1v) is 10.7. The number of Topliss-reactive ketones (excluding diaryl/α,β-unsaturated/α-hetero) is 1. The molecule has 8 heteroatoms. The van der Waals surface area contributed by atoms with Gasteiger partial charge >= 0.3 is 0 Å². The number of methoxy groups -OCH3 is 1. The minimum atomic E-state index is -0.991. The number of ketones is 1. The molecule has 0 saturated heterocycles. The fraction of sp³-hybridized carbons (Fsp3) is 0.231. The Labute approximate surface area is 196 Å². The van der Waals surface area contributed by atoms with Crippen molar-refractivity contribution in [3.63, 3.8) is 0 Å². The van der Waals surface area contributed by atoms with E-state index in [-0.39, 0.29) is 24.5 Å². The molecule has 3 aromatic rings. The van der Waals surface area contributed by atoms with Crippen molar-refractivity contribution in [2.24, 2.45) is 0 Å². The molecular formula is C26H25F2NO5. The highest BCUT2D eigenvalue weighted by Gasteiger charge is 2.16. The van der Waals surface area contributed by atoms with E-state index in [1.54, 1.807) is 24.3 Å². The van der Waals surface area contributed by atoms with E-state index < -0.39 is 17.7 Å². The van der Waals surface area contributed by atoms with Crippen LogP contribution in [-0.2, 0) is 20.8 Å². The first-order chi connectivity index (χ1) is 16.4. The highest BCUT2D eigenvalue weighted by Crippen LogP contribution is 2.23. The molecule has 3 rings (SSSR count). The van der Waals surface area contributed by atoms with Crippen molar-refractivity contribution >= 4 is 17.4 Å². The second kappa shape index (κ2) is 12.1. The molecule has 1 unspecified atom stereocenters. The van der Waals surface area contributed by atoms with Gasteiger partial charge in [0, 0.05) is 37.8 Å². The van der Waals surface area contributed by atoms with Crippen molar-refractivity contribution in [1.82, 2.24) is 0 Å². The minimum Gasteiger partial charge on any atom is -0.385 e. The van der Waals surface area contributed by atoms with Gasteiger partial charge in [-0.05, 0) is 41.0 Å². The van der Waals surface area contributed by atoms with E-state index >= 15 is 0 Å². The SMILES string of the molecule is COCCC(CC(=O)c1ccc(-c2ccc(NC(=O)Cc3ccc(F)c(F)c3)cc2)cc1)OO. The van der Waals surface area contributed by atoms with E-state index in [1.807, 2.05) is 24.3 Å². The second-order valence-electron chi connectivity index (χ2n) is 7.76. The minimum absolute atomic E-state index is 0.0398. The highest BCUT2D eigenvalue weighted by molar-refractivity contribution is 5.97. The third kappa shape index (κ3) is 7.02. The number of ether oxygens (including phenoxy) is 1. The van der Waals surface area contributed by atoms with Crippen LogP contribution in [0.5, 0.6) is 0 Å². The Kier molecular flexibility index (Phi) is 8.98. The summed E-state index contributed by atoms with van der Waals surface area (Å²) in [6.45, 7) is 0.374. The van der Waals surface area contributed by atoms with Gasteiger partial charge in [-0.25, -0.2) is 13.7 Å². The molecule has 1 atom stereocenters. The fourth-order valence-corrected chi connectivity index (χ4v) is 3.40. The molecule has 2 N–H and O–H groups in total. The number of nitrogens with one attached hydrogen (secondary N) is 1. The van der Waals surface area contributed by atoms with Crippen molar-refractivity contribution < 1.29 is 33.3 Å². The Morgan fingerprint density at radius 1 is 0.941 bits per heavy atom. The van der Waals surface area contributed by atoms with E-state index in [1.165, 1.54) is 13.2 Å².